The molecule has 0 spiro atoms. The van der Waals surface area contributed by atoms with Crippen molar-refractivity contribution in [3.05, 3.63) is 16.1 Å². The van der Waals surface area contributed by atoms with Crippen LogP contribution in [0.25, 0.3) is 0 Å². The second-order valence-electron chi connectivity index (χ2n) is 3.24. The minimum Gasteiger partial charge on any atom is -0.330 e. The lowest BCUT2D eigenvalue weighted by Gasteiger charge is -2.05. The van der Waals surface area contributed by atoms with Crippen molar-refractivity contribution < 1.29 is 0 Å². The van der Waals surface area contributed by atoms with Gasteiger partial charge in [0, 0.05) is 5.38 Å². The van der Waals surface area contributed by atoms with E-state index >= 15 is 0 Å². The van der Waals surface area contributed by atoms with Gasteiger partial charge < -0.3 is 5.73 Å². The topological polar surface area (TPSA) is 38.9 Å². The normalized spacial score (nSPS) is 13.2. The molecule has 68 valence electrons. The fourth-order valence-corrected chi connectivity index (χ4v) is 1.68. The van der Waals surface area contributed by atoms with Crippen LogP contribution in [0.2, 0.25) is 0 Å². The Balaban J connectivity index is 2.33. The van der Waals surface area contributed by atoms with Crippen LogP contribution in [0, 0.1) is 12.8 Å². The molecule has 1 aromatic heterocycles. The predicted octanol–water partition coefficient (Wildman–Crippen LogP) is 1.98. The maximum Gasteiger partial charge on any atom is 0.0897 e. The molecule has 0 aliphatic carbocycles. The third kappa shape index (κ3) is 2.91. The van der Waals surface area contributed by atoms with Gasteiger partial charge in [0.1, 0.15) is 0 Å². The smallest absolute Gasteiger partial charge is 0.0897 e. The molecule has 3 heteroatoms. The van der Waals surface area contributed by atoms with Crippen molar-refractivity contribution >= 4 is 11.3 Å². The first-order valence-corrected chi connectivity index (χ1v) is 5.21. The molecule has 0 saturated carbocycles. The van der Waals surface area contributed by atoms with E-state index in [0.717, 1.165) is 24.4 Å². The molecule has 0 aliphatic rings. The minimum absolute atomic E-state index is 0.618. The molecule has 1 atom stereocenters. The lowest BCUT2D eigenvalue weighted by molar-refractivity contribution is 0.541. The molecule has 0 radical (unpaired) electrons. The molecule has 0 fully saturated rings. The van der Waals surface area contributed by atoms with E-state index in [1.165, 1.54) is 5.69 Å². The molecule has 1 unspecified atom stereocenters. The number of nitrogens with zero attached hydrogens (tertiary/aromatic N) is 1. The fraction of sp³-hybridized carbons (Fsp3) is 0.667. The van der Waals surface area contributed by atoms with Crippen molar-refractivity contribution in [2.45, 2.75) is 26.7 Å². The number of rotatable bonds is 4. The quantitative estimate of drug-likeness (QED) is 0.777. The highest BCUT2D eigenvalue weighted by Crippen LogP contribution is 2.12. The molecule has 1 heterocycles. The molecular weight excluding hydrogens is 168 g/mol. The van der Waals surface area contributed by atoms with Crippen LogP contribution in [0.3, 0.4) is 0 Å². The average Bonchev–Trinajstić information content (AvgIpc) is 2.47. The summed E-state index contributed by atoms with van der Waals surface area (Å²) in [5.41, 5.74) is 6.74. The zero-order valence-corrected chi connectivity index (χ0v) is 8.53. The van der Waals surface area contributed by atoms with Gasteiger partial charge in [-0.15, -0.1) is 11.3 Å². The second-order valence-corrected chi connectivity index (χ2v) is 4.30. The molecule has 1 rings (SSSR count). The summed E-state index contributed by atoms with van der Waals surface area (Å²) in [4.78, 5) is 4.39. The summed E-state index contributed by atoms with van der Waals surface area (Å²) in [6.07, 6.45) is 2.22. The highest BCUT2D eigenvalue weighted by Gasteiger charge is 2.02. The number of aromatic nitrogens is 1. The van der Waals surface area contributed by atoms with Gasteiger partial charge in [0.25, 0.3) is 0 Å². The molecule has 0 saturated heterocycles. The SMILES string of the molecule is Cc1nc(CCC(C)CN)cs1. The molecule has 0 bridgehead atoms. The van der Waals surface area contributed by atoms with Gasteiger partial charge in [-0.1, -0.05) is 6.92 Å². The number of aryl methyl sites for hydroxylation is 2. The van der Waals surface area contributed by atoms with Crippen LogP contribution >= 0.6 is 11.3 Å². The van der Waals surface area contributed by atoms with Crippen LogP contribution in [0.5, 0.6) is 0 Å². The van der Waals surface area contributed by atoms with E-state index in [1.807, 2.05) is 6.92 Å². The van der Waals surface area contributed by atoms with Gasteiger partial charge in [0.15, 0.2) is 0 Å². The fourth-order valence-electron chi connectivity index (χ4n) is 1.04. The summed E-state index contributed by atoms with van der Waals surface area (Å²) in [6, 6.07) is 0. The first-order chi connectivity index (χ1) is 5.72. The van der Waals surface area contributed by atoms with Gasteiger partial charge in [0.2, 0.25) is 0 Å². The standard InChI is InChI=1S/C9H16N2S/c1-7(5-10)3-4-9-6-12-8(2)11-9/h6-7H,3-5,10H2,1-2H3. The van der Waals surface area contributed by atoms with Crippen molar-refractivity contribution in [3.63, 3.8) is 0 Å². The Bertz CT molecular complexity index is 232. The molecule has 1 aromatic rings. The second kappa shape index (κ2) is 4.58. The van der Waals surface area contributed by atoms with E-state index in [4.69, 9.17) is 5.73 Å². The van der Waals surface area contributed by atoms with Crippen LogP contribution in [0.1, 0.15) is 24.0 Å². The van der Waals surface area contributed by atoms with Gasteiger partial charge in [0.05, 0.1) is 10.7 Å². The van der Waals surface area contributed by atoms with Crippen molar-refractivity contribution in [1.29, 1.82) is 0 Å². The van der Waals surface area contributed by atoms with Crippen LogP contribution in [0.15, 0.2) is 5.38 Å². The third-order valence-corrected chi connectivity index (χ3v) is 2.78. The molecule has 0 aromatic carbocycles. The van der Waals surface area contributed by atoms with Crippen LogP contribution in [-0.2, 0) is 6.42 Å². The summed E-state index contributed by atoms with van der Waals surface area (Å²) in [5.74, 6) is 0.618. The number of hydrogen-bond acceptors (Lipinski definition) is 3. The van der Waals surface area contributed by atoms with Gasteiger partial charge in [-0.2, -0.15) is 0 Å². The van der Waals surface area contributed by atoms with Crippen molar-refractivity contribution in [2.24, 2.45) is 11.7 Å². The lowest BCUT2D eigenvalue weighted by Crippen LogP contribution is -2.11. The minimum atomic E-state index is 0.618. The Morgan fingerprint density at radius 3 is 2.92 bits per heavy atom. The van der Waals surface area contributed by atoms with E-state index in [1.54, 1.807) is 11.3 Å². The van der Waals surface area contributed by atoms with E-state index in [-0.39, 0.29) is 0 Å². The first kappa shape index (κ1) is 9.68. The van der Waals surface area contributed by atoms with E-state index in [9.17, 15) is 0 Å². The van der Waals surface area contributed by atoms with E-state index < -0.39 is 0 Å². The summed E-state index contributed by atoms with van der Waals surface area (Å²) in [7, 11) is 0. The predicted molar refractivity (Wildman–Crippen MR) is 53.4 cm³/mol. The van der Waals surface area contributed by atoms with E-state index in [0.29, 0.717) is 5.92 Å². The Kier molecular flexibility index (Phi) is 3.69. The third-order valence-electron chi connectivity index (χ3n) is 1.96. The Labute approximate surface area is 77.8 Å². The Morgan fingerprint density at radius 2 is 2.42 bits per heavy atom. The Hall–Kier alpha value is -0.410. The lowest BCUT2D eigenvalue weighted by atomic mass is 10.1. The highest BCUT2D eigenvalue weighted by molar-refractivity contribution is 7.09. The summed E-state index contributed by atoms with van der Waals surface area (Å²) < 4.78 is 0. The number of thiazole rings is 1. The van der Waals surface area contributed by atoms with Gasteiger partial charge in [-0.05, 0) is 32.2 Å². The maximum atomic E-state index is 5.52. The average molecular weight is 184 g/mol. The molecule has 0 amide bonds. The first-order valence-electron chi connectivity index (χ1n) is 4.33. The number of nitrogens with two attached hydrogens (primary N) is 1. The highest BCUT2D eigenvalue weighted by atomic mass is 32.1. The van der Waals surface area contributed by atoms with Crippen molar-refractivity contribution in [2.75, 3.05) is 6.54 Å². The molecule has 2 nitrogen and oxygen atoms in total. The van der Waals surface area contributed by atoms with Crippen molar-refractivity contribution in [3.8, 4) is 0 Å². The number of hydrogen-bond donors (Lipinski definition) is 1. The van der Waals surface area contributed by atoms with Crippen LogP contribution < -0.4 is 5.73 Å². The van der Waals surface area contributed by atoms with Crippen LogP contribution in [0.4, 0.5) is 0 Å². The van der Waals surface area contributed by atoms with Gasteiger partial charge in [-0.25, -0.2) is 4.98 Å². The zero-order valence-electron chi connectivity index (χ0n) is 7.71. The summed E-state index contributed by atoms with van der Waals surface area (Å²) in [5, 5.41) is 3.30. The maximum absolute atomic E-state index is 5.52. The Morgan fingerprint density at radius 1 is 1.67 bits per heavy atom. The van der Waals surface area contributed by atoms with Gasteiger partial charge in [-0.3, -0.25) is 0 Å². The molecule has 2 N–H and O–H groups in total. The monoisotopic (exact) mass is 184 g/mol. The zero-order chi connectivity index (χ0) is 8.97. The molecule has 0 aliphatic heterocycles. The van der Waals surface area contributed by atoms with Crippen molar-refractivity contribution in [1.82, 2.24) is 4.98 Å². The molecule has 12 heavy (non-hydrogen) atoms. The molecular formula is C9H16N2S. The van der Waals surface area contributed by atoms with E-state index in [2.05, 4.69) is 17.3 Å². The summed E-state index contributed by atoms with van der Waals surface area (Å²) in [6.45, 7) is 5.00. The largest absolute Gasteiger partial charge is 0.330 e. The van der Waals surface area contributed by atoms with Crippen LogP contribution in [-0.4, -0.2) is 11.5 Å². The van der Waals surface area contributed by atoms with Gasteiger partial charge >= 0.3 is 0 Å². The summed E-state index contributed by atoms with van der Waals surface area (Å²) >= 11 is 1.72.